The number of carbonyl (C=O) groups is 1. The Hall–Kier alpha value is -3.45. The Bertz CT molecular complexity index is 1210. The van der Waals surface area contributed by atoms with Crippen molar-refractivity contribution in [3.05, 3.63) is 78.1 Å². The Morgan fingerprint density at radius 3 is 2.73 bits per heavy atom. The summed E-state index contributed by atoms with van der Waals surface area (Å²) in [5, 5.41) is 0.623. The van der Waals surface area contributed by atoms with Crippen molar-refractivity contribution in [3.63, 3.8) is 0 Å². The van der Waals surface area contributed by atoms with Gasteiger partial charge in [-0.25, -0.2) is 4.98 Å². The molecule has 1 amide bonds. The fraction of sp³-hybridized carbons (Fsp3) is 0.174. The van der Waals surface area contributed by atoms with Gasteiger partial charge in [0.05, 0.1) is 22.5 Å². The lowest BCUT2D eigenvalue weighted by Gasteiger charge is -2.29. The first-order valence-electron chi connectivity index (χ1n) is 9.65. The fourth-order valence-corrected chi connectivity index (χ4v) is 4.45. The van der Waals surface area contributed by atoms with E-state index in [-0.39, 0.29) is 12.5 Å². The maximum absolute atomic E-state index is 13.5. The van der Waals surface area contributed by atoms with Gasteiger partial charge in [-0.05, 0) is 42.8 Å². The van der Waals surface area contributed by atoms with Gasteiger partial charge in [0, 0.05) is 6.20 Å². The monoisotopic (exact) mass is 417 g/mol. The largest absolute Gasteiger partial charge is 0.485 e. The molecule has 2 aromatic heterocycles. The van der Waals surface area contributed by atoms with E-state index >= 15 is 0 Å². The molecule has 0 unspecified atom stereocenters. The molecule has 1 atom stereocenters. The molecular weight excluding hydrogens is 398 g/mol. The maximum Gasteiger partial charge on any atom is 0.273 e. The zero-order valence-corrected chi connectivity index (χ0v) is 17.1. The van der Waals surface area contributed by atoms with Crippen LogP contribution in [-0.4, -0.2) is 28.6 Å². The number of ether oxygens (including phenoxy) is 2. The van der Waals surface area contributed by atoms with E-state index in [1.807, 2.05) is 61.5 Å². The Balaban J connectivity index is 1.50. The summed E-state index contributed by atoms with van der Waals surface area (Å²) in [5.74, 6) is 1.01. The van der Waals surface area contributed by atoms with Gasteiger partial charge in [0.2, 0.25) is 6.10 Å². The van der Waals surface area contributed by atoms with Crippen LogP contribution < -0.4 is 14.4 Å². The average Bonchev–Trinajstić information content (AvgIpc) is 3.23. The first-order valence-corrected chi connectivity index (χ1v) is 10.5. The third-order valence-corrected chi connectivity index (χ3v) is 5.98. The van der Waals surface area contributed by atoms with Crippen LogP contribution in [0.1, 0.15) is 11.3 Å². The van der Waals surface area contributed by atoms with Gasteiger partial charge < -0.3 is 9.47 Å². The van der Waals surface area contributed by atoms with Crippen molar-refractivity contribution in [2.24, 2.45) is 0 Å². The van der Waals surface area contributed by atoms with E-state index < -0.39 is 6.10 Å². The normalized spacial score (nSPS) is 15.2. The van der Waals surface area contributed by atoms with Gasteiger partial charge in [-0.15, -0.1) is 0 Å². The van der Waals surface area contributed by atoms with E-state index in [1.54, 1.807) is 17.2 Å². The standard InChI is InChI=1S/C23H19N3O3S/c1-15-7-6-11-20-21(15)25-23(30-20)26(13-16-8-4-5-12-24-16)22(27)19-14-28-17-9-2-3-10-18(17)29-19/h2-12,19H,13-14H2,1H3/t19-/m0/s1. The molecular formula is C23H19N3O3S. The predicted octanol–water partition coefficient (Wildman–Crippen LogP) is 4.37. The highest BCUT2D eigenvalue weighted by Crippen LogP contribution is 2.34. The molecule has 0 radical (unpaired) electrons. The van der Waals surface area contributed by atoms with Crippen LogP contribution >= 0.6 is 11.3 Å². The van der Waals surface area contributed by atoms with Crippen LogP contribution in [0, 0.1) is 6.92 Å². The topological polar surface area (TPSA) is 64.6 Å². The molecule has 0 spiro atoms. The lowest BCUT2D eigenvalue weighted by Crippen LogP contribution is -2.46. The van der Waals surface area contributed by atoms with Crippen LogP contribution in [0.15, 0.2) is 66.9 Å². The van der Waals surface area contributed by atoms with E-state index in [0.29, 0.717) is 23.2 Å². The molecule has 4 aromatic rings. The Morgan fingerprint density at radius 1 is 1.10 bits per heavy atom. The summed E-state index contributed by atoms with van der Waals surface area (Å²) in [5.41, 5.74) is 2.76. The third kappa shape index (κ3) is 3.48. The van der Waals surface area contributed by atoms with E-state index in [2.05, 4.69) is 4.98 Å². The predicted molar refractivity (Wildman–Crippen MR) is 116 cm³/mol. The number of aromatic nitrogens is 2. The molecule has 0 fully saturated rings. The quantitative estimate of drug-likeness (QED) is 0.493. The van der Waals surface area contributed by atoms with Gasteiger partial charge in [0.15, 0.2) is 16.6 Å². The number of aryl methyl sites for hydroxylation is 1. The number of nitrogens with zero attached hydrogens (tertiary/aromatic N) is 3. The van der Waals surface area contributed by atoms with E-state index in [0.717, 1.165) is 21.5 Å². The molecule has 2 aromatic carbocycles. The van der Waals surface area contributed by atoms with Crippen molar-refractivity contribution in [1.29, 1.82) is 0 Å². The van der Waals surface area contributed by atoms with Gasteiger partial charge in [-0.3, -0.25) is 14.7 Å². The van der Waals surface area contributed by atoms with Crippen molar-refractivity contribution in [2.45, 2.75) is 19.6 Å². The second-order valence-corrected chi connectivity index (χ2v) is 8.04. The highest BCUT2D eigenvalue weighted by molar-refractivity contribution is 7.22. The van der Waals surface area contributed by atoms with Crippen molar-refractivity contribution in [2.75, 3.05) is 11.5 Å². The average molecular weight is 417 g/mol. The minimum absolute atomic E-state index is 0.151. The Labute approximate surface area is 177 Å². The van der Waals surface area contributed by atoms with Crippen molar-refractivity contribution >= 4 is 32.6 Å². The summed E-state index contributed by atoms with van der Waals surface area (Å²) >= 11 is 1.49. The molecule has 3 heterocycles. The van der Waals surface area contributed by atoms with Gasteiger partial charge in [0.1, 0.15) is 6.61 Å². The summed E-state index contributed by atoms with van der Waals surface area (Å²) in [6.07, 6.45) is 0.966. The number of amides is 1. The molecule has 1 aliphatic heterocycles. The number of para-hydroxylation sites is 3. The number of benzene rings is 2. The number of rotatable bonds is 4. The molecule has 0 bridgehead atoms. The number of pyridine rings is 1. The SMILES string of the molecule is Cc1cccc2sc(N(Cc3ccccn3)C(=O)[C@@H]3COc4ccccc4O3)nc12. The molecule has 30 heavy (non-hydrogen) atoms. The number of thiazole rings is 1. The molecule has 0 N–H and O–H groups in total. The summed E-state index contributed by atoms with van der Waals surface area (Å²) in [6, 6.07) is 19.1. The smallest absolute Gasteiger partial charge is 0.273 e. The summed E-state index contributed by atoms with van der Waals surface area (Å²) < 4.78 is 12.8. The zero-order chi connectivity index (χ0) is 20.5. The highest BCUT2D eigenvalue weighted by atomic mass is 32.1. The van der Waals surface area contributed by atoms with Crippen LogP contribution in [0.3, 0.4) is 0 Å². The molecule has 0 aliphatic carbocycles. The lowest BCUT2D eigenvalue weighted by atomic mass is 10.2. The number of carbonyl (C=O) groups excluding carboxylic acids is 1. The number of anilines is 1. The minimum atomic E-state index is -0.753. The van der Waals surface area contributed by atoms with Crippen LogP contribution in [-0.2, 0) is 11.3 Å². The lowest BCUT2D eigenvalue weighted by molar-refractivity contribution is -0.127. The van der Waals surface area contributed by atoms with Crippen LogP contribution in [0.25, 0.3) is 10.2 Å². The zero-order valence-electron chi connectivity index (χ0n) is 16.3. The summed E-state index contributed by atoms with van der Waals surface area (Å²) in [4.78, 5) is 24.3. The van der Waals surface area contributed by atoms with Gasteiger partial charge in [-0.1, -0.05) is 41.7 Å². The molecule has 0 saturated carbocycles. The van der Waals surface area contributed by atoms with E-state index in [9.17, 15) is 4.79 Å². The molecule has 5 rings (SSSR count). The van der Waals surface area contributed by atoms with Gasteiger partial charge in [-0.2, -0.15) is 0 Å². The Morgan fingerprint density at radius 2 is 1.93 bits per heavy atom. The van der Waals surface area contributed by atoms with Gasteiger partial charge >= 0.3 is 0 Å². The molecule has 0 saturated heterocycles. The van der Waals surface area contributed by atoms with Crippen LogP contribution in [0.5, 0.6) is 11.5 Å². The molecule has 7 heteroatoms. The first kappa shape index (κ1) is 18.6. The summed E-state index contributed by atoms with van der Waals surface area (Å²) in [6.45, 7) is 2.48. The maximum atomic E-state index is 13.5. The molecule has 150 valence electrons. The van der Waals surface area contributed by atoms with Crippen molar-refractivity contribution in [3.8, 4) is 11.5 Å². The first-order chi connectivity index (χ1) is 14.7. The number of fused-ring (bicyclic) bond motifs is 2. The molecule has 6 nitrogen and oxygen atoms in total. The summed E-state index contributed by atoms with van der Waals surface area (Å²) in [7, 11) is 0. The fourth-order valence-electron chi connectivity index (χ4n) is 3.40. The van der Waals surface area contributed by atoms with Gasteiger partial charge in [0.25, 0.3) is 5.91 Å². The van der Waals surface area contributed by atoms with Crippen molar-refractivity contribution < 1.29 is 14.3 Å². The van der Waals surface area contributed by atoms with Crippen LogP contribution in [0.4, 0.5) is 5.13 Å². The van der Waals surface area contributed by atoms with Crippen LogP contribution in [0.2, 0.25) is 0 Å². The Kier molecular flexibility index (Phi) is 4.80. The second-order valence-electron chi connectivity index (χ2n) is 7.03. The van der Waals surface area contributed by atoms with Crippen molar-refractivity contribution in [1.82, 2.24) is 9.97 Å². The number of hydrogen-bond acceptors (Lipinski definition) is 6. The number of hydrogen-bond donors (Lipinski definition) is 0. The van der Waals surface area contributed by atoms with E-state index in [4.69, 9.17) is 14.5 Å². The highest BCUT2D eigenvalue weighted by Gasteiger charge is 2.33. The second kappa shape index (κ2) is 7.76. The minimum Gasteiger partial charge on any atom is -0.485 e. The van der Waals surface area contributed by atoms with E-state index in [1.165, 1.54) is 11.3 Å². The third-order valence-electron chi connectivity index (χ3n) is 4.94. The molecule has 1 aliphatic rings.